The molecule has 2 heterocycles. The number of rotatable bonds is 0. The molecule has 0 bridgehead atoms. The molecule has 3 saturated carbocycles. The molecule has 0 aromatic carbocycles. The Morgan fingerprint density at radius 2 is 1.78 bits per heavy atom. The van der Waals surface area contributed by atoms with Gasteiger partial charge in [0.2, 0.25) is 0 Å². The average molecular weight is 375 g/mol. The van der Waals surface area contributed by atoms with E-state index in [1.54, 1.807) is 5.57 Å². The Labute approximate surface area is 162 Å². The highest BCUT2D eigenvalue weighted by molar-refractivity contribution is 5.43. The van der Waals surface area contributed by atoms with E-state index in [0.29, 0.717) is 11.8 Å². The number of allylic oxidation sites excluding steroid dienone is 1. The fourth-order valence-corrected chi connectivity index (χ4v) is 7.55. The van der Waals surface area contributed by atoms with Crippen molar-refractivity contribution in [2.45, 2.75) is 95.2 Å². The van der Waals surface area contributed by atoms with Gasteiger partial charge in [-0.2, -0.15) is 0 Å². The molecule has 2 aliphatic heterocycles. The predicted molar refractivity (Wildman–Crippen MR) is 101 cm³/mol. The number of hydrogen-bond acceptors (Lipinski definition) is 4. The van der Waals surface area contributed by atoms with Gasteiger partial charge in [-0.1, -0.05) is 26.8 Å². The Morgan fingerprint density at radius 1 is 1.00 bits per heavy atom. The van der Waals surface area contributed by atoms with Crippen LogP contribution in [0.1, 0.15) is 72.1 Å². The van der Waals surface area contributed by atoms with Gasteiger partial charge in [0.25, 0.3) is 0 Å². The molecule has 4 aliphatic carbocycles. The molecule has 150 valence electrons. The van der Waals surface area contributed by atoms with Gasteiger partial charge in [-0.15, -0.1) is 0 Å². The van der Waals surface area contributed by atoms with Crippen LogP contribution >= 0.6 is 0 Å². The van der Waals surface area contributed by atoms with Crippen molar-refractivity contribution in [2.75, 3.05) is 13.2 Å². The smallest absolute Gasteiger partial charge is 0.171 e. The molecular formula is C23H34O4. The summed E-state index contributed by atoms with van der Waals surface area (Å²) in [5.74, 6) is 0.816. The van der Waals surface area contributed by atoms with Crippen LogP contribution < -0.4 is 0 Å². The van der Waals surface area contributed by atoms with Crippen molar-refractivity contribution in [3.63, 3.8) is 0 Å². The van der Waals surface area contributed by atoms with E-state index in [1.165, 1.54) is 12.8 Å². The number of hydrogen-bond donors (Lipinski definition) is 1. The summed E-state index contributed by atoms with van der Waals surface area (Å²) in [5, 5.41) is 10.6. The lowest BCUT2D eigenvalue weighted by molar-refractivity contribution is -0.313. The maximum atomic E-state index is 10.6. The van der Waals surface area contributed by atoms with E-state index in [9.17, 15) is 5.11 Å². The highest BCUT2D eigenvalue weighted by atomic mass is 16.7. The Balaban J connectivity index is 1.29. The zero-order chi connectivity index (χ0) is 18.7. The molecule has 2 saturated heterocycles. The molecule has 6 unspecified atom stereocenters. The second kappa shape index (κ2) is 5.00. The van der Waals surface area contributed by atoms with Crippen molar-refractivity contribution < 1.29 is 19.3 Å². The zero-order valence-electron chi connectivity index (χ0n) is 17.1. The highest BCUT2D eigenvalue weighted by Crippen LogP contribution is 2.73. The summed E-state index contributed by atoms with van der Waals surface area (Å²) in [6.07, 6.45) is 10.7. The second-order valence-electron chi connectivity index (χ2n) is 11.5. The molecule has 27 heavy (non-hydrogen) atoms. The first kappa shape index (κ1) is 17.4. The molecule has 1 N–H and O–H groups in total. The average Bonchev–Trinajstić information content (AvgIpc) is 3.23. The lowest BCUT2D eigenvalue weighted by Crippen LogP contribution is -2.56. The van der Waals surface area contributed by atoms with Gasteiger partial charge in [0.05, 0.1) is 19.3 Å². The van der Waals surface area contributed by atoms with Gasteiger partial charge in [0.1, 0.15) is 11.2 Å². The summed E-state index contributed by atoms with van der Waals surface area (Å²) in [6, 6.07) is 0. The molecule has 0 radical (unpaired) electrons. The minimum Gasteiger partial charge on any atom is -0.393 e. The first-order valence-corrected chi connectivity index (χ1v) is 11.1. The van der Waals surface area contributed by atoms with Gasteiger partial charge in [0.15, 0.2) is 5.79 Å². The highest BCUT2D eigenvalue weighted by Gasteiger charge is 2.79. The van der Waals surface area contributed by atoms with Crippen molar-refractivity contribution in [1.82, 2.24) is 0 Å². The minimum absolute atomic E-state index is 0.0459. The Kier molecular flexibility index (Phi) is 3.23. The van der Waals surface area contributed by atoms with Gasteiger partial charge in [0, 0.05) is 23.7 Å². The molecule has 0 aromatic heterocycles. The fourth-order valence-electron chi connectivity index (χ4n) is 7.55. The van der Waals surface area contributed by atoms with E-state index in [-0.39, 0.29) is 28.1 Å². The quantitative estimate of drug-likeness (QED) is 0.515. The lowest BCUT2D eigenvalue weighted by atomic mass is 9.54. The van der Waals surface area contributed by atoms with E-state index in [4.69, 9.17) is 14.2 Å². The standard InChI is InChI=1S/C23H34O4/c1-19(2)13-25-22(26-14-19)10-11-23-17-7-8-20(3)16(4-5-18(20)24)15(17)6-9-21(23,12-22)27-23/h7,15-16,18,24H,4-6,8-14H2,1-3H3. The van der Waals surface area contributed by atoms with E-state index in [2.05, 4.69) is 26.8 Å². The van der Waals surface area contributed by atoms with Crippen LogP contribution in [0, 0.1) is 22.7 Å². The van der Waals surface area contributed by atoms with Crippen LogP contribution in [0.4, 0.5) is 0 Å². The van der Waals surface area contributed by atoms with Crippen molar-refractivity contribution in [1.29, 1.82) is 0 Å². The van der Waals surface area contributed by atoms with Crippen LogP contribution in [0.15, 0.2) is 11.6 Å². The van der Waals surface area contributed by atoms with Crippen LogP contribution in [0.2, 0.25) is 0 Å². The number of aliphatic hydroxyl groups is 1. The molecule has 6 rings (SSSR count). The van der Waals surface area contributed by atoms with E-state index in [1.807, 2.05) is 0 Å². The van der Waals surface area contributed by atoms with Crippen LogP contribution in [-0.2, 0) is 14.2 Å². The lowest BCUT2D eigenvalue weighted by Gasteiger charge is -2.52. The summed E-state index contributed by atoms with van der Waals surface area (Å²) in [6.45, 7) is 8.30. The SMILES string of the molecule is CC1(C)COC2(CCC34OC3(CCC3C4=CCC4(C)C(O)CCC34)C2)OC1. The first-order chi connectivity index (χ1) is 12.7. The normalized spacial score (nSPS) is 54.4. The van der Waals surface area contributed by atoms with Crippen molar-refractivity contribution in [3.05, 3.63) is 11.6 Å². The van der Waals surface area contributed by atoms with Gasteiger partial charge in [-0.05, 0) is 55.9 Å². The Bertz CT molecular complexity index is 703. The van der Waals surface area contributed by atoms with Gasteiger partial charge in [-0.3, -0.25) is 0 Å². The molecule has 0 aromatic rings. The topological polar surface area (TPSA) is 51.2 Å². The third kappa shape index (κ3) is 2.09. The number of ether oxygens (including phenoxy) is 3. The second-order valence-corrected chi connectivity index (χ2v) is 11.5. The molecule has 5 fully saturated rings. The molecule has 4 nitrogen and oxygen atoms in total. The summed E-state index contributed by atoms with van der Waals surface area (Å²) in [4.78, 5) is 0. The Hall–Kier alpha value is -0.420. The molecular weight excluding hydrogens is 340 g/mol. The van der Waals surface area contributed by atoms with Crippen LogP contribution in [-0.4, -0.2) is 41.4 Å². The monoisotopic (exact) mass is 374 g/mol. The molecule has 4 heteroatoms. The van der Waals surface area contributed by atoms with Gasteiger partial charge >= 0.3 is 0 Å². The van der Waals surface area contributed by atoms with Crippen LogP contribution in [0.3, 0.4) is 0 Å². The zero-order valence-corrected chi connectivity index (χ0v) is 17.1. The number of epoxide rings is 1. The van der Waals surface area contributed by atoms with E-state index in [0.717, 1.165) is 51.7 Å². The van der Waals surface area contributed by atoms with Crippen molar-refractivity contribution >= 4 is 0 Å². The number of fused-ring (bicyclic) bond motifs is 3. The van der Waals surface area contributed by atoms with E-state index >= 15 is 0 Å². The van der Waals surface area contributed by atoms with Crippen molar-refractivity contribution in [2.24, 2.45) is 22.7 Å². The van der Waals surface area contributed by atoms with Crippen LogP contribution in [0.5, 0.6) is 0 Å². The van der Waals surface area contributed by atoms with Gasteiger partial charge in [-0.25, -0.2) is 0 Å². The maximum Gasteiger partial charge on any atom is 0.171 e. The van der Waals surface area contributed by atoms with Crippen molar-refractivity contribution in [3.8, 4) is 0 Å². The predicted octanol–water partition coefficient (Wildman–Crippen LogP) is 3.96. The Morgan fingerprint density at radius 3 is 2.56 bits per heavy atom. The molecule has 0 amide bonds. The van der Waals surface area contributed by atoms with Gasteiger partial charge < -0.3 is 19.3 Å². The summed E-state index contributed by atoms with van der Waals surface area (Å²) in [7, 11) is 0. The third-order valence-electron chi connectivity index (χ3n) is 9.26. The third-order valence-corrected chi connectivity index (χ3v) is 9.26. The molecule has 6 aliphatic rings. The fraction of sp³-hybridized carbons (Fsp3) is 0.913. The molecule has 1 spiro atoms. The largest absolute Gasteiger partial charge is 0.393 e. The molecule has 6 atom stereocenters. The number of aliphatic hydroxyl groups excluding tert-OH is 1. The summed E-state index contributed by atoms with van der Waals surface area (Å²) in [5.41, 5.74) is 1.67. The maximum absolute atomic E-state index is 10.6. The van der Waals surface area contributed by atoms with E-state index < -0.39 is 5.79 Å². The summed E-state index contributed by atoms with van der Waals surface area (Å²) >= 11 is 0. The minimum atomic E-state index is -0.421. The summed E-state index contributed by atoms with van der Waals surface area (Å²) < 4.78 is 19.4. The van der Waals surface area contributed by atoms with Crippen LogP contribution in [0.25, 0.3) is 0 Å². The first-order valence-electron chi connectivity index (χ1n) is 11.1.